The zero-order valence-electron chi connectivity index (χ0n) is 15.7. The summed E-state index contributed by atoms with van der Waals surface area (Å²) in [7, 11) is 0. The second-order valence-corrected chi connectivity index (χ2v) is 6.75. The molecule has 27 heavy (non-hydrogen) atoms. The molecule has 3 aromatic rings. The summed E-state index contributed by atoms with van der Waals surface area (Å²) in [4.78, 5) is 13.1. The Hall–Kier alpha value is -3.20. The summed E-state index contributed by atoms with van der Waals surface area (Å²) in [6, 6.07) is 29.5. The van der Waals surface area contributed by atoms with Crippen LogP contribution in [0.4, 0.5) is 0 Å². The maximum absolute atomic E-state index is 13.1. The molecule has 0 fully saturated rings. The first-order valence-electron chi connectivity index (χ1n) is 9.19. The molecule has 0 unspecified atom stereocenters. The van der Waals surface area contributed by atoms with Gasteiger partial charge in [0.2, 0.25) is 0 Å². The van der Waals surface area contributed by atoms with Crippen molar-refractivity contribution >= 4 is 11.6 Å². The molecule has 3 heteroatoms. The molecule has 0 bridgehead atoms. The summed E-state index contributed by atoms with van der Waals surface area (Å²) in [6.07, 6.45) is 0. The molecule has 0 heterocycles. The van der Waals surface area contributed by atoms with Gasteiger partial charge in [-0.1, -0.05) is 105 Å². The van der Waals surface area contributed by atoms with Gasteiger partial charge in [-0.15, -0.1) is 0 Å². The van der Waals surface area contributed by atoms with Crippen LogP contribution in [0.15, 0.2) is 96.1 Å². The highest BCUT2D eigenvalue weighted by atomic mass is 16.2. The van der Waals surface area contributed by atoms with Crippen molar-refractivity contribution in [2.45, 2.75) is 19.8 Å². The lowest BCUT2D eigenvalue weighted by Gasteiger charge is -2.17. The third-order valence-corrected chi connectivity index (χ3v) is 4.43. The van der Waals surface area contributed by atoms with E-state index in [1.54, 1.807) is 0 Å². The topological polar surface area (TPSA) is 41.5 Å². The van der Waals surface area contributed by atoms with E-state index in [4.69, 9.17) is 0 Å². The number of hydrogen-bond acceptors (Lipinski definition) is 2. The van der Waals surface area contributed by atoms with Gasteiger partial charge in [-0.25, -0.2) is 5.43 Å². The fourth-order valence-electron chi connectivity index (χ4n) is 3.10. The van der Waals surface area contributed by atoms with E-state index in [1.807, 2.05) is 91.0 Å². The lowest BCUT2D eigenvalue weighted by molar-refractivity contribution is -0.121. The van der Waals surface area contributed by atoms with Gasteiger partial charge in [-0.3, -0.25) is 4.79 Å². The number of benzene rings is 3. The summed E-state index contributed by atoms with van der Waals surface area (Å²) >= 11 is 0. The second-order valence-electron chi connectivity index (χ2n) is 6.75. The van der Waals surface area contributed by atoms with Crippen molar-refractivity contribution in [3.05, 3.63) is 108 Å². The molecule has 3 rings (SSSR count). The summed E-state index contributed by atoms with van der Waals surface area (Å²) in [5, 5.41) is 4.48. The molecule has 0 saturated carbocycles. The molecular weight excluding hydrogens is 332 g/mol. The Balaban J connectivity index is 1.91. The third-order valence-electron chi connectivity index (χ3n) is 4.43. The number of carbonyl (C=O) groups excluding carboxylic acids is 1. The van der Waals surface area contributed by atoms with Crippen molar-refractivity contribution in [2.75, 3.05) is 0 Å². The van der Waals surface area contributed by atoms with Crippen LogP contribution in [-0.2, 0) is 4.79 Å². The monoisotopic (exact) mass is 356 g/mol. The van der Waals surface area contributed by atoms with E-state index in [1.165, 1.54) is 0 Å². The molecule has 0 aliphatic rings. The highest BCUT2D eigenvalue weighted by Gasteiger charge is 2.22. The largest absolute Gasteiger partial charge is 0.272 e. The second kappa shape index (κ2) is 8.95. The third kappa shape index (κ3) is 4.70. The number of amides is 1. The predicted octanol–water partition coefficient (Wildman–Crippen LogP) is 5.00. The van der Waals surface area contributed by atoms with Crippen molar-refractivity contribution in [1.29, 1.82) is 0 Å². The molecule has 0 aliphatic carbocycles. The first-order valence-corrected chi connectivity index (χ1v) is 9.19. The van der Waals surface area contributed by atoms with Crippen LogP contribution in [0.2, 0.25) is 0 Å². The molecule has 1 amide bonds. The standard InChI is InChI=1S/C24H24N2O/c1-18(2)23(21-16-10-5-11-17-21)25-26-24(27)22(19-12-6-3-7-13-19)20-14-8-4-9-15-20/h3-18,22H,1-2H3,(H,26,27)/b25-23+. The van der Waals surface area contributed by atoms with Gasteiger partial charge in [-0.05, 0) is 22.6 Å². The molecule has 0 radical (unpaired) electrons. The first kappa shape index (κ1) is 18.6. The van der Waals surface area contributed by atoms with Crippen LogP contribution in [0.3, 0.4) is 0 Å². The maximum atomic E-state index is 13.1. The van der Waals surface area contributed by atoms with E-state index in [0.29, 0.717) is 0 Å². The van der Waals surface area contributed by atoms with E-state index in [-0.39, 0.29) is 11.8 Å². The van der Waals surface area contributed by atoms with E-state index < -0.39 is 5.92 Å². The Morgan fingerprint density at radius 2 is 1.19 bits per heavy atom. The summed E-state index contributed by atoms with van der Waals surface area (Å²) in [5.74, 6) is -0.346. The SMILES string of the molecule is CC(C)/C(=N\NC(=O)C(c1ccccc1)c1ccccc1)c1ccccc1. The molecule has 0 spiro atoms. The fraction of sp³-hybridized carbons (Fsp3) is 0.167. The van der Waals surface area contributed by atoms with E-state index >= 15 is 0 Å². The van der Waals surface area contributed by atoms with Gasteiger partial charge in [0.15, 0.2) is 0 Å². The van der Waals surface area contributed by atoms with Gasteiger partial charge in [0, 0.05) is 0 Å². The lowest BCUT2D eigenvalue weighted by Crippen LogP contribution is -2.28. The van der Waals surface area contributed by atoms with Crippen molar-refractivity contribution in [2.24, 2.45) is 11.0 Å². The maximum Gasteiger partial charge on any atom is 0.252 e. The van der Waals surface area contributed by atoms with E-state index in [9.17, 15) is 4.79 Å². The number of rotatable bonds is 6. The van der Waals surface area contributed by atoms with Crippen molar-refractivity contribution in [3.63, 3.8) is 0 Å². The lowest BCUT2D eigenvalue weighted by atomic mass is 9.91. The number of hydrogen-bond donors (Lipinski definition) is 1. The average Bonchev–Trinajstić information content (AvgIpc) is 2.70. The highest BCUT2D eigenvalue weighted by molar-refractivity contribution is 6.02. The number of nitrogens with zero attached hydrogens (tertiary/aromatic N) is 1. The van der Waals surface area contributed by atoms with Gasteiger partial charge in [0.1, 0.15) is 0 Å². The fourth-order valence-corrected chi connectivity index (χ4v) is 3.10. The van der Waals surface area contributed by atoms with Crippen molar-refractivity contribution in [3.8, 4) is 0 Å². The van der Waals surface area contributed by atoms with E-state index in [0.717, 1.165) is 22.4 Å². The van der Waals surface area contributed by atoms with E-state index in [2.05, 4.69) is 24.4 Å². The molecule has 0 saturated heterocycles. The Bertz CT molecular complexity index is 848. The minimum Gasteiger partial charge on any atom is -0.272 e. The summed E-state index contributed by atoms with van der Waals surface area (Å²) in [5.41, 5.74) is 6.58. The Morgan fingerprint density at radius 3 is 1.63 bits per heavy atom. The first-order chi connectivity index (χ1) is 13.2. The normalized spacial score (nSPS) is 11.6. The predicted molar refractivity (Wildman–Crippen MR) is 111 cm³/mol. The van der Waals surface area contributed by atoms with Crippen LogP contribution in [0.5, 0.6) is 0 Å². The van der Waals surface area contributed by atoms with Crippen LogP contribution in [0, 0.1) is 5.92 Å². The molecule has 1 N–H and O–H groups in total. The van der Waals surface area contributed by atoms with Crippen molar-refractivity contribution in [1.82, 2.24) is 5.43 Å². The van der Waals surface area contributed by atoms with Gasteiger partial charge >= 0.3 is 0 Å². The van der Waals surface area contributed by atoms with Crippen LogP contribution in [-0.4, -0.2) is 11.6 Å². The van der Waals surface area contributed by atoms with Crippen molar-refractivity contribution < 1.29 is 4.79 Å². The zero-order valence-corrected chi connectivity index (χ0v) is 15.7. The number of carbonyl (C=O) groups is 1. The minimum atomic E-state index is -0.402. The molecular formula is C24H24N2O. The average molecular weight is 356 g/mol. The highest BCUT2D eigenvalue weighted by Crippen LogP contribution is 2.24. The molecule has 0 atom stereocenters. The molecule has 136 valence electrons. The van der Waals surface area contributed by atoms with Crippen LogP contribution >= 0.6 is 0 Å². The van der Waals surface area contributed by atoms with Gasteiger partial charge < -0.3 is 0 Å². The quantitative estimate of drug-likeness (QED) is 0.490. The molecule has 0 aliphatic heterocycles. The van der Waals surface area contributed by atoms with Gasteiger partial charge in [-0.2, -0.15) is 5.10 Å². The van der Waals surface area contributed by atoms with Crippen LogP contribution in [0.25, 0.3) is 0 Å². The van der Waals surface area contributed by atoms with Crippen LogP contribution < -0.4 is 5.43 Å². The molecule has 3 aromatic carbocycles. The minimum absolute atomic E-state index is 0.138. The smallest absolute Gasteiger partial charge is 0.252 e. The Morgan fingerprint density at radius 1 is 0.741 bits per heavy atom. The number of hydrazone groups is 1. The van der Waals surface area contributed by atoms with Gasteiger partial charge in [0.05, 0.1) is 11.6 Å². The zero-order chi connectivity index (χ0) is 19.1. The number of nitrogens with one attached hydrogen (secondary N) is 1. The molecule has 0 aromatic heterocycles. The summed E-state index contributed by atoms with van der Waals surface area (Å²) < 4.78 is 0. The Labute approximate surface area is 160 Å². The van der Waals surface area contributed by atoms with Gasteiger partial charge in [0.25, 0.3) is 5.91 Å². The molecule has 3 nitrogen and oxygen atoms in total. The van der Waals surface area contributed by atoms with Crippen LogP contribution in [0.1, 0.15) is 36.5 Å². The Kier molecular flexibility index (Phi) is 6.16. The summed E-state index contributed by atoms with van der Waals surface area (Å²) in [6.45, 7) is 4.15.